The second-order valence-corrected chi connectivity index (χ2v) is 6.00. The summed E-state index contributed by atoms with van der Waals surface area (Å²) in [4.78, 5) is 16.8. The summed E-state index contributed by atoms with van der Waals surface area (Å²) in [5.74, 6) is 0.763. The molecule has 3 rings (SSSR count). The molecule has 1 amide bonds. The standard InChI is InChI=1S/C20H20N2O3/c1-13-7-9-15(10-8-13)18-11-21-20(25-18)17-6-4-3-5-16(17)19(24)22-14(2)12-23/h3-11,14,23H,12H2,1-2H3,(H,22,24). The fourth-order valence-electron chi connectivity index (χ4n) is 2.46. The Labute approximate surface area is 146 Å². The number of aliphatic hydroxyl groups is 1. The maximum absolute atomic E-state index is 12.4. The summed E-state index contributed by atoms with van der Waals surface area (Å²) in [7, 11) is 0. The molecule has 0 bridgehead atoms. The van der Waals surface area contributed by atoms with Gasteiger partial charge in [-0.05, 0) is 26.0 Å². The van der Waals surface area contributed by atoms with Gasteiger partial charge in [0.15, 0.2) is 5.76 Å². The lowest BCUT2D eigenvalue weighted by Crippen LogP contribution is -2.35. The average molecular weight is 336 g/mol. The van der Waals surface area contributed by atoms with Crippen LogP contribution in [0.25, 0.3) is 22.8 Å². The van der Waals surface area contributed by atoms with Crippen molar-refractivity contribution in [3.63, 3.8) is 0 Å². The third-order valence-corrected chi connectivity index (χ3v) is 3.90. The Hall–Kier alpha value is -2.92. The molecule has 0 fully saturated rings. The number of aliphatic hydroxyl groups excluding tert-OH is 1. The summed E-state index contributed by atoms with van der Waals surface area (Å²) < 4.78 is 5.88. The van der Waals surface area contributed by atoms with Crippen LogP contribution in [0, 0.1) is 6.92 Å². The summed E-state index contributed by atoms with van der Waals surface area (Å²) >= 11 is 0. The number of hydrogen-bond acceptors (Lipinski definition) is 4. The van der Waals surface area contributed by atoms with E-state index in [4.69, 9.17) is 9.52 Å². The highest BCUT2D eigenvalue weighted by Gasteiger charge is 2.18. The topological polar surface area (TPSA) is 75.4 Å². The number of nitrogens with zero attached hydrogens (tertiary/aromatic N) is 1. The van der Waals surface area contributed by atoms with E-state index in [1.165, 1.54) is 5.56 Å². The van der Waals surface area contributed by atoms with Crippen molar-refractivity contribution in [2.24, 2.45) is 0 Å². The molecule has 2 aromatic carbocycles. The number of hydrogen-bond donors (Lipinski definition) is 2. The predicted octanol–water partition coefficient (Wildman–Crippen LogP) is 3.43. The molecule has 0 aliphatic carbocycles. The molecule has 1 heterocycles. The van der Waals surface area contributed by atoms with Crippen molar-refractivity contribution in [2.75, 3.05) is 6.61 Å². The van der Waals surface area contributed by atoms with Gasteiger partial charge in [0.2, 0.25) is 5.89 Å². The average Bonchev–Trinajstić information content (AvgIpc) is 3.12. The Morgan fingerprint density at radius 3 is 2.64 bits per heavy atom. The van der Waals surface area contributed by atoms with Crippen molar-refractivity contribution in [3.8, 4) is 22.8 Å². The molecule has 3 aromatic rings. The van der Waals surface area contributed by atoms with Crippen LogP contribution in [0.4, 0.5) is 0 Å². The van der Waals surface area contributed by atoms with Gasteiger partial charge in [-0.2, -0.15) is 0 Å². The van der Waals surface area contributed by atoms with Gasteiger partial charge in [0.1, 0.15) is 0 Å². The van der Waals surface area contributed by atoms with E-state index in [9.17, 15) is 4.79 Å². The molecule has 0 spiro atoms. The summed E-state index contributed by atoms with van der Waals surface area (Å²) in [5, 5.41) is 11.9. The molecule has 0 aliphatic rings. The van der Waals surface area contributed by atoms with Crippen LogP contribution in [0.1, 0.15) is 22.8 Å². The molecule has 0 radical (unpaired) electrons. The van der Waals surface area contributed by atoms with Crippen LogP contribution in [0.5, 0.6) is 0 Å². The molecule has 0 saturated carbocycles. The van der Waals surface area contributed by atoms with Crippen LogP contribution < -0.4 is 5.32 Å². The molecule has 128 valence electrons. The van der Waals surface area contributed by atoms with Crippen molar-refractivity contribution in [2.45, 2.75) is 19.9 Å². The van der Waals surface area contributed by atoms with Gasteiger partial charge >= 0.3 is 0 Å². The van der Waals surface area contributed by atoms with Crippen LogP contribution >= 0.6 is 0 Å². The molecule has 5 heteroatoms. The van der Waals surface area contributed by atoms with Gasteiger partial charge in [0.05, 0.1) is 18.4 Å². The summed E-state index contributed by atoms with van der Waals surface area (Å²) in [6.45, 7) is 3.64. The first-order valence-corrected chi connectivity index (χ1v) is 8.12. The largest absolute Gasteiger partial charge is 0.436 e. The second kappa shape index (κ2) is 7.32. The Morgan fingerprint density at radius 1 is 1.20 bits per heavy atom. The van der Waals surface area contributed by atoms with Gasteiger partial charge in [-0.1, -0.05) is 42.0 Å². The van der Waals surface area contributed by atoms with E-state index in [2.05, 4.69) is 10.3 Å². The van der Waals surface area contributed by atoms with E-state index in [1.807, 2.05) is 37.3 Å². The minimum atomic E-state index is -0.326. The summed E-state index contributed by atoms with van der Waals surface area (Å²) in [6, 6.07) is 14.8. The zero-order valence-corrected chi connectivity index (χ0v) is 14.2. The van der Waals surface area contributed by atoms with Gasteiger partial charge in [-0.3, -0.25) is 4.79 Å². The number of nitrogens with one attached hydrogen (secondary N) is 1. The Bertz CT molecular complexity index is 869. The molecule has 1 unspecified atom stereocenters. The normalized spacial score (nSPS) is 12.0. The third-order valence-electron chi connectivity index (χ3n) is 3.90. The zero-order valence-electron chi connectivity index (χ0n) is 14.2. The highest BCUT2D eigenvalue weighted by atomic mass is 16.4. The molecule has 0 aliphatic heterocycles. The van der Waals surface area contributed by atoms with Crippen LogP contribution in [0.3, 0.4) is 0 Å². The number of rotatable bonds is 5. The first-order valence-electron chi connectivity index (χ1n) is 8.12. The summed E-state index contributed by atoms with van der Waals surface area (Å²) in [5.41, 5.74) is 3.17. The smallest absolute Gasteiger partial charge is 0.252 e. The van der Waals surface area contributed by atoms with Crippen LogP contribution in [0.2, 0.25) is 0 Å². The Kier molecular flexibility index (Phi) is 4.95. The van der Waals surface area contributed by atoms with E-state index < -0.39 is 0 Å². The quantitative estimate of drug-likeness (QED) is 0.748. The molecule has 0 saturated heterocycles. The third kappa shape index (κ3) is 3.78. The molecule has 5 nitrogen and oxygen atoms in total. The predicted molar refractivity (Wildman–Crippen MR) is 96.1 cm³/mol. The molecular formula is C20H20N2O3. The number of aryl methyl sites for hydroxylation is 1. The van der Waals surface area contributed by atoms with E-state index in [-0.39, 0.29) is 18.6 Å². The number of aromatic nitrogens is 1. The zero-order chi connectivity index (χ0) is 17.8. The van der Waals surface area contributed by atoms with Crippen LogP contribution in [0.15, 0.2) is 59.1 Å². The number of carbonyl (C=O) groups is 1. The Balaban J connectivity index is 1.93. The highest BCUT2D eigenvalue weighted by molar-refractivity contribution is 6.00. The fourth-order valence-corrected chi connectivity index (χ4v) is 2.46. The van der Waals surface area contributed by atoms with E-state index in [0.29, 0.717) is 22.8 Å². The maximum atomic E-state index is 12.4. The lowest BCUT2D eigenvalue weighted by molar-refractivity contribution is 0.0922. The van der Waals surface area contributed by atoms with Crippen LogP contribution in [-0.2, 0) is 0 Å². The molecular weight excluding hydrogens is 316 g/mol. The number of amides is 1. The second-order valence-electron chi connectivity index (χ2n) is 6.00. The molecule has 2 N–H and O–H groups in total. The first-order chi connectivity index (χ1) is 12.1. The Morgan fingerprint density at radius 2 is 1.92 bits per heavy atom. The van der Waals surface area contributed by atoms with Crippen molar-refractivity contribution >= 4 is 5.91 Å². The SMILES string of the molecule is Cc1ccc(-c2cnc(-c3ccccc3C(=O)NC(C)CO)o2)cc1. The van der Waals surface area contributed by atoms with Gasteiger partial charge in [0.25, 0.3) is 5.91 Å². The van der Waals surface area contributed by atoms with Gasteiger partial charge < -0.3 is 14.8 Å². The van der Waals surface area contributed by atoms with Crippen LogP contribution in [-0.4, -0.2) is 28.6 Å². The minimum Gasteiger partial charge on any atom is -0.436 e. The van der Waals surface area contributed by atoms with Crippen molar-refractivity contribution in [1.82, 2.24) is 10.3 Å². The summed E-state index contributed by atoms with van der Waals surface area (Å²) in [6.07, 6.45) is 1.66. The van der Waals surface area contributed by atoms with E-state index >= 15 is 0 Å². The minimum absolute atomic E-state index is 0.121. The number of benzene rings is 2. The molecule has 25 heavy (non-hydrogen) atoms. The maximum Gasteiger partial charge on any atom is 0.252 e. The van der Waals surface area contributed by atoms with E-state index in [1.54, 1.807) is 31.3 Å². The van der Waals surface area contributed by atoms with Gasteiger partial charge in [0, 0.05) is 17.2 Å². The number of oxazole rings is 1. The van der Waals surface area contributed by atoms with Gasteiger partial charge in [-0.25, -0.2) is 4.98 Å². The van der Waals surface area contributed by atoms with Crippen molar-refractivity contribution in [3.05, 3.63) is 65.9 Å². The lowest BCUT2D eigenvalue weighted by atomic mass is 10.1. The monoisotopic (exact) mass is 336 g/mol. The number of carbonyl (C=O) groups excluding carboxylic acids is 1. The molecule has 1 atom stereocenters. The lowest BCUT2D eigenvalue weighted by Gasteiger charge is -2.12. The van der Waals surface area contributed by atoms with E-state index in [0.717, 1.165) is 5.56 Å². The van der Waals surface area contributed by atoms with Gasteiger partial charge in [-0.15, -0.1) is 0 Å². The first kappa shape index (κ1) is 16.9. The van der Waals surface area contributed by atoms with Crippen molar-refractivity contribution < 1.29 is 14.3 Å². The fraction of sp³-hybridized carbons (Fsp3) is 0.200. The molecule has 1 aromatic heterocycles. The van der Waals surface area contributed by atoms with Crippen molar-refractivity contribution in [1.29, 1.82) is 0 Å². The highest BCUT2D eigenvalue weighted by Crippen LogP contribution is 2.28.